The van der Waals surface area contributed by atoms with Gasteiger partial charge in [0.05, 0.1) is 12.7 Å². The Kier molecular flexibility index (Phi) is 3.43. The van der Waals surface area contributed by atoms with E-state index in [9.17, 15) is 9.59 Å². The fourth-order valence-electron chi connectivity index (χ4n) is 2.25. The van der Waals surface area contributed by atoms with Crippen molar-refractivity contribution in [3.63, 3.8) is 0 Å². The largest absolute Gasteiger partial charge is 0.482 e. The summed E-state index contributed by atoms with van der Waals surface area (Å²) in [6.07, 6.45) is 1.20. The van der Waals surface area contributed by atoms with Crippen LogP contribution in [0.15, 0.2) is 41.3 Å². The zero-order valence-electron chi connectivity index (χ0n) is 11.7. The van der Waals surface area contributed by atoms with E-state index in [4.69, 9.17) is 4.74 Å². The smallest absolute Gasteiger partial charge is 0.275 e. The molecule has 0 atom stereocenters. The molecule has 0 aliphatic carbocycles. The molecule has 108 valence electrons. The normalized spacial score (nSPS) is 14.0. The van der Waals surface area contributed by atoms with E-state index in [-0.39, 0.29) is 29.4 Å². The summed E-state index contributed by atoms with van der Waals surface area (Å²) in [5, 5.41) is 4.00. The quantitative estimate of drug-likeness (QED) is 0.841. The van der Waals surface area contributed by atoms with E-state index < -0.39 is 0 Å². The summed E-state index contributed by atoms with van der Waals surface area (Å²) in [6, 6.07) is 9.50. The molecule has 2 heterocycles. The molecule has 1 aliphatic rings. The first kappa shape index (κ1) is 13.4. The zero-order valence-corrected chi connectivity index (χ0v) is 11.7. The molecule has 2 aromatic rings. The highest BCUT2D eigenvalue weighted by Crippen LogP contribution is 2.19. The lowest BCUT2D eigenvalue weighted by Crippen LogP contribution is -2.40. The van der Waals surface area contributed by atoms with Gasteiger partial charge in [0, 0.05) is 13.6 Å². The molecule has 1 aromatic heterocycles. The number of fused-ring (bicyclic) bond motifs is 1. The number of aromatic nitrogens is 2. The maximum atomic E-state index is 12.2. The van der Waals surface area contributed by atoms with Gasteiger partial charge in [-0.2, -0.15) is 5.10 Å². The Morgan fingerprint density at radius 3 is 2.71 bits per heavy atom. The molecule has 0 saturated heterocycles. The highest BCUT2D eigenvalue weighted by atomic mass is 16.5. The van der Waals surface area contributed by atoms with Gasteiger partial charge in [0.2, 0.25) is 5.43 Å². The van der Waals surface area contributed by atoms with Crippen molar-refractivity contribution >= 4 is 5.91 Å². The number of rotatable bonds is 3. The minimum atomic E-state index is -0.374. The molecule has 0 fully saturated rings. The summed E-state index contributed by atoms with van der Waals surface area (Å²) >= 11 is 0. The lowest BCUT2D eigenvalue weighted by Gasteiger charge is -2.26. The Labute approximate surface area is 121 Å². The van der Waals surface area contributed by atoms with Gasteiger partial charge in [-0.3, -0.25) is 14.3 Å². The van der Waals surface area contributed by atoms with Gasteiger partial charge < -0.3 is 9.64 Å². The number of hydrogen-bond donors (Lipinski definition) is 0. The molecule has 0 N–H and O–H groups in total. The molecular weight excluding hydrogens is 270 g/mol. The minimum Gasteiger partial charge on any atom is -0.482 e. The number of likely N-dealkylation sites (N-methyl/N-ethyl adjacent to an activating group) is 1. The maximum absolute atomic E-state index is 12.2. The molecule has 3 rings (SSSR count). The van der Waals surface area contributed by atoms with Gasteiger partial charge in [0.1, 0.15) is 6.61 Å². The topological polar surface area (TPSA) is 64.4 Å². The van der Waals surface area contributed by atoms with Crippen LogP contribution in [-0.4, -0.2) is 34.2 Å². The number of hydrogen-bond acceptors (Lipinski definition) is 4. The van der Waals surface area contributed by atoms with Crippen molar-refractivity contribution < 1.29 is 9.53 Å². The number of carbonyl (C=O) groups is 1. The Bertz CT molecular complexity index is 725. The fourth-order valence-corrected chi connectivity index (χ4v) is 2.25. The molecule has 21 heavy (non-hydrogen) atoms. The van der Waals surface area contributed by atoms with Gasteiger partial charge in [-0.15, -0.1) is 0 Å². The van der Waals surface area contributed by atoms with Crippen molar-refractivity contribution in [2.24, 2.45) is 0 Å². The number of benzene rings is 1. The van der Waals surface area contributed by atoms with Crippen LogP contribution >= 0.6 is 0 Å². The van der Waals surface area contributed by atoms with Crippen LogP contribution in [-0.2, 0) is 13.2 Å². The van der Waals surface area contributed by atoms with E-state index in [2.05, 4.69) is 5.10 Å². The molecule has 0 saturated carbocycles. The molecule has 1 aromatic carbocycles. The third-order valence-electron chi connectivity index (χ3n) is 3.43. The van der Waals surface area contributed by atoms with Crippen LogP contribution in [0.4, 0.5) is 0 Å². The molecular formula is C15H15N3O3. The van der Waals surface area contributed by atoms with Gasteiger partial charge in [0.25, 0.3) is 5.91 Å². The predicted octanol–water partition coefficient (Wildman–Crippen LogP) is 0.908. The van der Waals surface area contributed by atoms with Crippen LogP contribution in [0.25, 0.3) is 0 Å². The predicted molar refractivity (Wildman–Crippen MR) is 76.2 cm³/mol. The molecule has 1 aliphatic heterocycles. The van der Waals surface area contributed by atoms with Gasteiger partial charge in [0.15, 0.2) is 11.4 Å². The molecule has 6 heteroatoms. The lowest BCUT2D eigenvalue weighted by molar-refractivity contribution is 0.0730. The second-order valence-electron chi connectivity index (χ2n) is 4.91. The van der Waals surface area contributed by atoms with Crippen LogP contribution in [0.1, 0.15) is 16.1 Å². The van der Waals surface area contributed by atoms with Crippen molar-refractivity contribution in [1.82, 2.24) is 14.7 Å². The molecule has 0 spiro atoms. The Morgan fingerprint density at radius 1 is 1.19 bits per heavy atom. The van der Waals surface area contributed by atoms with Gasteiger partial charge in [-0.05, 0) is 5.56 Å². The molecule has 1 amide bonds. The third-order valence-corrected chi connectivity index (χ3v) is 3.43. The Hall–Kier alpha value is -2.63. The number of nitrogens with zero attached hydrogens (tertiary/aromatic N) is 3. The second-order valence-corrected chi connectivity index (χ2v) is 4.91. The van der Waals surface area contributed by atoms with E-state index in [0.717, 1.165) is 5.56 Å². The average molecular weight is 285 g/mol. The number of ether oxygens (including phenoxy) is 1. The molecule has 0 unspecified atom stereocenters. The van der Waals surface area contributed by atoms with E-state index in [1.165, 1.54) is 10.9 Å². The monoisotopic (exact) mass is 285 g/mol. The summed E-state index contributed by atoms with van der Waals surface area (Å²) in [6.45, 7) is 1.36. The first-order valence-electron chi connectivity index (χ1n) is 6.69. The second kappa shape index (κ2) is 5.40. The summed E-state index contributed by atoms with van der Waals surface area (Å²) in [5.41, 5.74) is 0.789. The van der Waals surface area contributed by atoms with E-state index >= 15 is 0 Å². The summed E-state index contributed by atoms with van der Waals surface area (Å²) in [4.78, 5) is 25.8. The van der Waals surface area contributed by atoms with Crippen molar-refractivity contribution in [3.8, 4) is 5.75 Å². The molecule has 6 nitrogen and oxygen atoms in total. The first-order chi connectivity index (χ1) is 10.2. The summed E-state index contributed by atoms with van der Waals surface area (Å²) < 4.78 is 7.15. The van der Waals surface area contributed by atoms with Crippen molar-refractivity contribution in [3.05, 3.63) is 58.0 Å². The van der Waals surface area contributed by atoms with Gasteiger partial charge in [-0.1, -0.05) is 30.3 Å². The van der Waals surface area contributed by atoms with E-state index in [0.29, 0.717) is 13.1 Å². The summed E-state index contributed by atoms with van der Waals surface area (Å²) in [5.74, 6) is -0.167. The van der Waals surface area contributed by atoms with Crippen LogP contribution < -0.4 is 10.2 Å². The standard InChI is InChI=1S/C15H15N3O3/c1-17-7-8-18-13(15(17)20)14(12(19)9-16-18)21-10-11-5-3-2-4-6-11/h2-6,9H,7-8,10H2,1H3. The van der Waals surface area contributed by atoms with E-state index in [1.807, 2.05) is 30.3 Å². The summed E-state index contributed by atoms with van der Waals surface area (Å²) in [7, 11) is 1.70. The van der Waals surface area contributed by atoms with Crippen molar-refractivity contribution in [2.45, 2.75) is 13.2 Å². The average Bonchev–Trinajstić information content (AvgIpc) is 2.51. The SMILES string of the molecule is CN1CCn2ncc(=O)c(OCc3ccccc3)c2C1=O. The van der Waals surface area contributed by atoms with Crippen molar-refractivity contribution in [2.75, 3.05) is 13.6 Å². The minimum absolute atomic E-state index is 0.0744. The zero-order chi connectivity index (χ0) is 14.8. The third kappa shape index (κ3) is 2.52. The number of carbonyl (C=O) groups excluding carboxylic acids is 1. The van der Waals surface area contributed by atoms with Crippen LogP contribution in [0, 0.1) is 0 Å². The van der Waals surface area contributed by atoms with Crippen LogP contribution in [0.3, 0.4) is 0 Å². The maximum Gasteiger partial charge on any atom is 0.275 e. The van der Waals surface area contributed by atoms with Crippen LogP contribution in [0.5, 0.6) is 5.75 Å². The highest BCUT2D eigenvalue weighted by Gasteiger charge is 2.27. The van der Waals surface area contributed by atoms with Gasteiger partial charge in [-0.25, -0.2) is 0 Å². The highest BCUT2D eigenvalue weighted by molar-refractivity contribution is 5.95. The number of amides is 1. The molecule has 0 bridgehead atoms. The fraction of sp³-hybridized carbons (Fsp3) is 0.267. The molecule has 0 radical (unpaired) electrons. The van der Waals surface area contributed by atoms with Crippen LogP contribution in [0.2, 0.25) is 0 Å². The van der Waals surface area contributed by atoms with E-state index in [1.54, 1.807) is 11.9 Å². The lowest BCUT2D eigenvalue weighted by atomic mass is 10.2. The van der Waals surface area contributed by atoms with Crippen molar-refractivity contribution in [1.29, 1.82) is 0 Å². The first-order valence-corrected chi connectivity index (χ1v) is 6.69. The Morgan fingerprint density at radius 2 is 1.95 bits per heavy atom. The Balaban J connectivity index is 1.95. The van der Waals surface area contributed by atoms with Gasteiger partial charge >= 0.3 is 0 Å².